The predicted octanol–water partition coefficient (Wildman–Crippen LogP) is 3.20. The Morgan fingerprint density at radius 1 is 1.38 bits per heavy atom. The molecule has 0 amide bonds. The van der Waals surface area contributed by atoms with Crippen molar-refractivity contribution in [2.75, 3.05) is 18.0 Å². The molecule has 1 saturated carbocycles. The summed E-state index contributed by atoms with van der Waals surface area (Å²) >= 11 is 0. The average Bonchev–Trinajstić information content (AvgIpc) is 3.21. The Morgan fingerprint density at radius 3 is 2.88 bits per heavy atom. The number of nitrogens with zero attached hydrogens (tertiary/aromatic N) is 5. The molecule has 26 heavy (non-hydrogen) atoms. The zero-order valence-corrected chi connectivity index (χ0v) is 15.7. The quantitative estimate of drug-likeness (QED) is 0.839. The topological polar surface area (TPSA) is 71.8 Å². The number of nitrogens with two attached hydrogens (primary N) is 1. The van der Waals surface area contributed by atoms with E-state index in [2.05, 4.69) is 28.1 Å². The number of aromatic nitrogens is 3. The number of aliphatic imine (C=N–C) groups is 1. The minimum Gasteiger partial charge on any atom is -0.404 e. The monoisotopic (exact) mass is 352 g/mol. The number of aryl methyl sites for hydroxylation is 1. The van der Waals surface area contributed by atoms with E-state index in [-0.39, 0.29) is 0 Å². The van der Waals surface area contributed by atoms with Crippen molar-refractivity contribution in [2.24, 2.45) is 16.6 Å². The van der Waals surface area contributed by atoms with Crippen LogP contribution in [-0.2, 0) is 0 Å². The third-order valence-corrected chi connectivity index (χ3v) is 5.81. The van der Waals surface area contributed by atoms with Gasteiger partial charge in [-0.2, -0.15) is 0 Å². The van der Waals surface area contributed by atoms with Gasteiger partial charge < -0.3 is 10.6 Å². The molecule has 2 unspecified atom stereocenters. The number of fused-ring (bicyclic) bond motifs is 1. The molecule has 2 N–H and O–H groups in total. The fraction of sp³-hybridized carbons (Fsp3) is 0.550. The molecule has 6 heteroatoms. The first-order valence-electron chi connectivity index (χ1n) is 9.74. The van der Waals surface area contributed by atoms with Gasteiger partial charge in [-0.25, -0.2) is 9.97 Å². The first kappa shape index (κ1) is 17.1. The van der Waals surface area contributed by atoms with Gasteiger partial charge in [0, 0.05) is 49.2 Å². The number of hydrogen-bond acceptors (Lipinski definition) is 5. The van der Waals surface area contributed by atoms with E-state index >= 15 is 0 Å². The standard InChI is InChI=1S/C20H28N6/c1-3-15-5-6-17(9-15)22-12-16(10-21)18-13-26-14(2)11-23-19(26)20(24-18)25-7-4-8-25/h10-13,15,17H,3-9,21H2,1-2H3/b16-10+,22-12?. The third kappa shape index (κ3) is 3.08. The molecule has 4 rings (SSSR count). The van der Waals surface area contributed by atoms with Crippen molar-refractivity contribution in [1.29, 1.82) is 0 Å². The Balaban J connectivity index is 1.64. The Labute approximate surface area is 154 Å². The molecule has 2 aromatic rings. The summed E-state index contributed by atoms with van der Waals surface area (Å²) in [4.78, 5) is 16.5. The minimum atomic E-state index is 0.420. The molecule has 1 aliphatic carbocycles. The Kier molecular flexibility index (Phi) is 4.66. The number of hydrogen-bond donors (Lipinski definition) is 1. The third-order valence-electron chi connectivity index (χ3n) is 5.81. The van der Waals surface area contributed by atoms with E-state index in [0.717, 1.165) is 47.4 Å². The number of anilines is 1. The second-order valence-electron chi connectivity index (χ2n) is 7.52. The van der Waals surface area contributed by atoms with Crippen LogP contribution in [0.1, 0.15) is 50.4 Å². The van der Waals surface area contributed by atoms with Gasteiger partial charge in [0.2, 0.25) is 0 Å². The molecular weight excluding hydrogens is 324 g/mol. The fourth-order valence-electron chi connectivity index (χ4n) is 3.90. The summed E-state index contributed by atoms with van der Waals surface area (Å²) in [6.45, 7) is 6.40. The van der Waals surface area contributed by atoms with E-state index in [0.29, 0.717) is 6.04 Å². The van der Waals surface area contributed by atoms with Crippen LogP contribution in [0.5, 0.6) is 0 Å². The molecule has 3 heterocycles. The first-order chi connectivity index (χ1) is 12.7. The lowest BCUT2D eigenvalue weighted by Gasteiger charge is -2.32. The molecule has 6 nitrogen and oxygen atoms in total. The highest BCUT2D eigenvalue weighted by Crippen LogP contribution is 2.30. The van der Waals surface area contributed by atoms with Crippen molar-refractivity contribution in [3.05, 3.63) is 30.0 Å². The Hall–Kier alpha value is -2.37. The van der Waals surface area contributed by atoms with Crippen LogP contribution in [0.25, 0.3) is 11.2 Å². The highest BCUT2D eigenvalue weighted by atomic mass is 15.3. The summed E-state index contributed by atoms with van der Waals surface area (Å²) in [6, 6.07) is 0.420. The summed E-state index contributed by atoms with van der Waals surface area (Å²) in [6.07, 6.45) is 13.6. The molecule has 2 fully saturated rings. The highest BCUT2D eigenvalue weighted by Gasteiger charge is 2.23. The molecule has 2 atom stereocenters. The van der Waals surface area contributed by atoms with Crippen LogP contribution in [0, 0.1) is 12.8 Å². The average molecular weight is 352 g/mol. The van der Waals surface area contributed by atoms with Gasteiger partial charge in [0.15, 0.2) is 11.5 Å². The van der Waals surface area contributed by atoms with Crippen LogP contribution < -0.4 is 10.6 Å². The molecule has 2 aromatic heterocycles. The molecule has 1 aliphatic heterocycles. The number of imidazole rings is 1. The second-order valence-corrected chi connectivity index (χ2v) is 7.52. The number of allylic oxidation sites excluding steroid dienone is 1. The normalized spacial score (nSPS) is 23.9. The van der Waals surface area contributed by atoms with Crippen molar-refractivity contribution in [3.63, 3.8) is 0 Å². The van der Waals surface area contributed by atoms with Crippen molar-refractivity contribution >= 4 is 23.3 Å². The summed E-state index contributed by atoms with van der Waals surface area (Å²) in [5, 5.41) is 0. The zero-order chi connectivity index (χ0) is 18.1. The molecule has 138 valence electrons. The van der Waals surface area contributed by atoms with Gasteiger partial charge in [-0.1, -0.05) is 13.3 Å². The molecule has 0 radical (unpaired) electrons. The van der Waals surface area contributed by atoms with Gasteiger partial charge in [-0.3, -0.25) is 9.39 Å². The molecule has 0 bridgehead atoms. The molecule has 2 aliphatic rings. The summed E-state index contributed by atoms with van der Waals surface area (Å²) in [5.41, 5.74) is 9.69. The van der Waals surface area contributed by atoms with Gasteiger partial charge in [0.05, 0.1) is 11.7 Å². The van der Waals surface area contributed by atoms with Crippen molar-refractivity contribution < 1.29 is 0 Å². The van der Waals surface area contributed by atoms with Gasteiger partial charge >= 0.3 is 0 Å². The summed E-state index contributed by atoms with van der Waals surface area (Å²) in [7, 11) is 0. The van der Waals surface area contributed by atoms with E-state index in [9.17, 15) is 0 Å². The largest absolute Gasteiger partial charge is 0.404 e. The molecule has 0 spiro atoms. The van der Waals surface area contributed by atoms with Crippen molar-refractivity contribution in [1.82, 2.24) is 14.4 Å². The van der Waals surface area contributed by atoms with E-state index in [1.54, 1.807) is 6.20 Å². The maximum absolute atomic E-state index is 5.94. The maximum atomic E-state index is 5.94. The van der Waals surface area contributed by atoms with Crippen LogP contribution in [0.3, 0.4) is 0 Å². The highest BCUT2D eigenvalue weighted by molar-refractivity contribution is 6.09. The fourth-order valence-corrected chi connectivity index (χ4v) is 3.90. The first-order valence-corrected chi connectivity index (χ1v) is 9.74. The van der Waals surface area contributed by atoms with Crippen LogP contribution in [0.15, 0.2) is 23.6 Å². The van der Waals surface area contributed by atoms with Crippen molar-refractivity contribution in [3.8, 4) is 0 Å². The predicted molar refractivity (Wildman–Crippen MR) is 107 cm³/mol. The van der Waals surface area contributed by atoms with Crippen LogP contribution in [-0.4, -0.2) is 39.7 Å². The Morgan fingerprint density at radius 2 is 2.23 bits per heavy atom. The van der Waals surface area contributed by atoms with Crippen molar-refractivity contribution in [2.45, 2.75) is 52.0 Å². The van der Waals surface area contributed by atoms with Gasteiger partial charge in [0.1, 0.15) is 0 Å². The molecule has 0 aromatic carbocycles. The molecular formula is C20H28N6. The van der Waals surface area contributed by atoms with Gasteiger partial charge in [0.25, 0.3) is 0 Å². The lowest BCUT2D eigenvalue weighted by atomic mass is 10.1. The van der Waals surface area contributed by atoms with E-state index < -0.39 is 0 Å². The SMILES string of the molecule is CCC1CCC(N=C/C(=C\N)c2cn3c(C)cnc3c(N3CCC3)n2)C1. The van der Waals surface area contributed by atoms with Crippen LogP contribution in [0.2, 0.25) is 0 Å². The van der Waals surface area contributed by atoms with Gasteiger partial charge in [-0.15, -0.1) is 0 Å². The summed E-state index contributed by atoms with van der Waals surface area (Å²) < 4.78 is 2.11. The van der Waals surface area contributed by atoms with Gasteiger partial charge in [-0.05, 0) is 38.5 Å². The number of rotatable bonds is 5. The van der Waals surface area contributed by atoms with E-state index in [1.165, 1.54) is 32.1 Å². The zero-order valence-electron chi connectivity index (χ0n) is 15.7. The maximum Gasteiger partial charge on any atom is 0.180 e. The van der Waals surface area contributed by atoms with E-state index in [1.807, 2.05) is 18.6 Å². The Bertz CT molecular complexity index is 845. The smallest absolute Gasteiger partial charge is 0.180 e. The minimum absolute atomic E-state index is 0.420. The van der Waals surface area contributed by atoms with E-state index in [4.69, 9.17) is 15.7 Å². The molecule has 1 saturated heterocycles. The lowest BCUT2D eigenvalue weighted by Crippen LogP contribution is -2.38. The summed E-state index contributed by atoms with van der Waals surface area (Å²) in [5.74, 6) is 1.77. The lowest BCUT2D eigenvalue weighted by molar-refractivity contribution is 0.521. The van der Waals surface area contributed by atoms with Crippen LogP contribution in [0.4, 0.5) is 5.82 Å². The van der Waals surface area contributed by atoms with Crippen LogP contribution >= 0.6 is 0 Å². The second kappa shape index (κ2) is 7.09.